The minimum Gasteiger partial charge on any atom is -0.467 e. The maximum absolute atomic E-state index is 12.4. The van der Waals surface area contributed by atoms with Crippen LogP contribution in [0.5, 0.6) is 0 Å². The number of carbonyl (C=O) groups is 1. The lowest BCUT2D eigenvalue weighted by Gasteiger charge is -2.16. The molecule has 0 aliphatic carbocycles. The maximum Gasteiger partial charge on any atom is 0.293 e. The molecule has 5 nitrogen and oxygen atoms in total. The number of nitrogens with zero attached hydrogens (tertiary/aromatic N) is 1. The van der Waals surface area contributed by atoms with E-state index in [-0.39, 0.29) is 23.7 Å². The lowest BCUT2D eigenvalue weighted by atomic mass is 10.1. The Morgan fingerprint density at radius 3 is 2.43 bits per heavy atom. The Labute approximate surface area is 124 Å². The lowest BCUT2D eigenvalue weighted by Crippen LogP contribution is -2.13. The summed E-state index contributed by atoms with van der Waals surface area (Å²) in [4.78, 5) is 12.3. The summed E-state index contributed by atoms with van der Waals surface area (Å²) in [5.74, 6) is -0.225. The number of carbonyl (C=O) groups excluding carboxylic acids is 1. The highest BCUT2D eigenvalue weighted by molar-refractivity contribution is 7.91. The van der Waals surface area contributed by atoms with E-state index in [1.165, 1.54) is 0 Å². The van der Waals surface area contributed by atoms with E-state index in [0.29, 0.717) is 5.39 Å². The number of hydrogen-bond acceptors (Lipinski definition) is 5. The van der Waals surface area contributed by atoms with Gasteiger partial charge >= 0.3 is 0 Å². The molecule has 0 N–H and O–H groups in total. The summed E-state index contributed by atoms with van der Waals surface area (Å²) in [7, 11) is 0.317. The first-order chi connectivity index (χ1) is 9.97. The molecule has 0 aliphatic heterocycles. The first-order valence-electron chi connectivity index (χ1n) is 6.44. The van der Waals surface area contributed by atoms with Gasteiger partial charge in [-0.1, -0.05) is 24.3 Å². The standard InChI is InChI=1S/C15H17NO4S/c1-16(2)14-7-3-6-13-12(14)5-4-8-15(13)21(18,19)10-9-20-11-17/h3-8,11H,9-10H2,1-2H3. The summed E-state index contributed by atoms with van der Waals surface area (Å²) in [5.41, 5.74) is 0.952. The molecular formula is C15H17NO4S. The van der Waals surface area contributed by atoms with Crippen LogP contribution in [-0.2, 0) is 19.4 Å². The molecule has 112 valence electrons. The van der Waals surface area contributed by atoms with Gasteiger partial charge in [-0.15, -0.1) is 0 Å². The summed E-state index contributed by atoms with van der Waals surface area (Å²) >= 11 is 0. The van der Waals surface area contributed by atoms with E-state index in [2.05, 4.69) is 4.74 Å². The van der Waals surface area contributed by atoms with Crippen molar-refractivity contribution in [1.29, 1.82) is 0 Å². The predicted octanol–water partition coefficient (Wildman–Crippen LogP) is 1.85. The SMILES string of the molecule is CN(C)c1cccc2c(S(=O)(=O)CCOC=O)cccc12. The molecule has 6 heteroatoms. The van der Waals surface area contributed by atoms with Gasteiger partial charge in [-0.3, -0.25) is 4.79 Å². The minimum atomic E-state index is -3.50. The van der Waals surface area contributed by atoms with Crippen LogP contribution in [0.15, 0.2) is 41.3 Å². The van der Waals surface area contributed by atoms with Gasteiger partial charge in [0.15, 0.2) is 9.84 Å². The average Bonchev–Trinajstić information content (AvgIpc) is 2.46. The molecule has 0 aromatic heterocycles. The average molecular weight is 307 g/mol. The van der Waals surface area contributed by atoms with Crippen LogP contribution >= 0.6 is 0 Å². The van der Waals surface area contributed by atoms with Gasteiger partial charge in [0.2, 0.25) is 0 Å². The van der Waals surface area contributed by atoms with E-state index in [1.54, 1.807) is 18.2 Å². The lowest BCUT2D eigenvalue weighted by molar-refractivity contribution is -0.128. The van der Waals surface area contributed by atoms with E-state index in [4.69, 9.17) is 0 Å². The van der Waals surface area contributed by atoms with E-state index in [1.807, 2.05) is 37.2 Å². The zero-order valence-electron chi connectivity index (χ0n) is 11.9. The van der Waals surface area contributed by atoms with Crippen LogP contribution in [0.3, 0.4) is 0 Å². The van der Waals surface area contributed by atoms with Gasteiger partial charge in [-0.05, 0) is 12.1 Å². The molecule has 0 saturated heterocycles. The van der Waals surface area contributed by atoms with Crippen LogP contribution in [0, 0.1) is 0 Å². The molecule has 2 aromatic rings. The highest BCUT2D eigenvalue weighted by Gasteiger charge is 2.18. The fourth-order valence-electron chi connectivity index (χ4n) is 2.24. The molecule has 2 aromatic carbocycles. The number of anilines is 1. The normalized spacial score (nSPS) is 11.3. The molecule has 0 aliphatic rings. The summed E-state index contributed by atoms with van der Waals surface area (Å²) in [6, 6.07) is 10.8. The van der Waals surface area contributed by atoms with E-state index < -0.39 is 9.84 Å². The van der Waals surface area contributed by atoms with E-state index >= 15 is 0 Å². The topological polar surface area (TPSA) is 63.7 Å². The molecule has 0 bridgehead atoms. The van der Waals surface area contributed by atoms with Crippen molar-refractivity contribution in [3.05, 3.63) is 36.4 Å². The van der Waals surface area contributed by atoms with Gasteiger partial charge in [-0.25, -0.2) is 8.42 Å². The summed E-state index contributed by atoms with van der Waals surface area (Å²) in [6.45, 7) is 0.109. The van der Waals surface area contributed by atoms with Gasteiger partial charge in [0.25, 0.3) is 6.47 Å². The number of rotatable bonds is 6. The Kier molecular flexibility index (Phi) is 4.47. The first kappa shape index (κ1) is 15.3. The molecule has 0 fully saturated rings. The highest BCUT2D eigenvalue weighted by atomic mass is 32.2. The van der Waals surface area contributed by atoms with Gasteiger partial charge in [0, 0.05) is 30.6 Å². The van der Waals surface area contributed by atoms with Crippen molar-refractivity contribution in [2.45, 2.75) is 4.90 Å². The van der Waals surface area contributed by atoms with Gasteiger partial charge in [0.1, 0.15) is 6.61 Å². The smallest absolute Gasteiger partial charge is 0.293 e. The Hall–Kier alpha value is -2.08. The van der Waals surface area contributed by atoms with Gasteiger partial charge < -0.3 is 9.64 Å². The second-order valence-corrected chi connectivity index (χ2v) is 6.89. The summed E-state index contributed by atoms with van der Waals surface area (Å²) in [5, 5.41) is 1.55. The number of ether oxygens (including phenoxy) is 1. The monoisotopic (exact) mass is 307 g/mol. The maximum atomic E-state index is 12.4. The number of hydrogen-bond donors (Lipinski definition) is 0. The molecule has 0 saturated carbocycles. The summed E-state index contributed by atoms with van der Waals surface area (Å²) in [6.07, 6.45) is 0. The third kappa shape index (κ3) is 3.16. The van der Waals surface area contributed by atoms with Crippen molar-refractivity contribution in [2.24, 2.45) is 0 Å². The Morgan fingerprint density at radius 2 is 1.76 bits per heavy atom. The highest BCUT2D eigenvalue weighted by Crippen LogP contribution is 2.30. The zero-order chi connectivity index (χ0) is 15.5. The van der Waals surface area contributed by atoms with Gasteiger partial charge in [0.05, 0.1) is 10.6 Å². The molecule has 0 radical (unpaired) electrons. The van der Waals surface area contributed by atoms with Gasteiger partial charge in [-0.2, -0.15) is 0 Å². The number of benzene rings is 2. The Bertz CT molecular complexity index is 753. The Morgan fingerprint density at radius 1 is 1.10 bits per heavy atom. The second kappa shape index (κ2) is 6.13. The second-order valence-electron chi connectivity index (χ2n) is 4.81. The molecule has 0 unspecified atom stereocenters. The first-order valence-corrected chi connectivity index (χ1v) is 8.09. The molecule has 0 amide bonds. The largest absolute Gasteiger partial charge is 0.467 e. The fourth-order valence-corrected chi connectivity index (χ4v) is 3.58. The predicted molar refractivity (Wildman–Crippen MR) is 82.3 cm³/mol. The van der Waals surface area contributed by atoms with Crippen LogP contribution in [0.1, 0.15) is 0 Å². The van der Waals surface area contributed by atoms with E-state index in [9.17, 15) is 13.2 Å². The van der Waals surface area contributed by atoms with Crippen LogP contribution in [0.25, 0.3) is 10.8 Å². The van der Waals surface area contributed by atoms with Crippen molar-refractivity contribution < 1.29 is 17.9 Å². The van der Waals surface area contributed by atoms with Crippen molar-refractivity contribution in [1.82, 2.24) is 0 Å². The number of fused-ring (bicyclic) bond motifs is 1. The minimum absolute atomic E-state index is 0.143. The summed E-state index contributed by atoms with van der Waals surface area (Å²) < 4.78 is 29.3. The van der Waals surface area contributed by atoms with E-state index in [0.717, 1.165) is 11.1 Å². The third-order valence-corrected chi connectivity index (χ3v) is 4.94. The van der Waals surface area contributed by atoms with Crippen LogP contribution in [0.2, 0.25) is 0 Å². The number of sulfone groups is 1. The van der Waals surface area contributed by atoms with Crippen LogP contribution < -0.4 is 4.90 Å². The Balaban J connectivity index is 2.55. The third-order valence-electron chi connectivity index (χ3n) is 3.21. The van der Waals surface area contributed by atoms with Crippen molar-refractivity contribution in [2.75, 3.05) is 31.4 Å². The molecular weight excluding hydrogens is 290 g/mol. The molecule has 21 heavy (non-hydrogen) atoms. The fraction of sp³-hybridized carbons (Fsp3) is 0.267. The molecule has 0 atom stereocenters. The van der Waals surface area contributed by atoms with Crippen LogP contribution in [-0.4, -0.2) is 41.3 Å². The molecule has 2 rings (SSSR count). The zero-order valence-corrected chi connectivity index (χ0v) is 12.8. The molecule has 0 heterocycles. The quantitative estimate of drug-likeness (QED) is 0.602. The van der Waals surface area contributed by atoms with Crippen LogP contribution in [0.4, 0.5) is 5.69 Å². The van der Waals surface area contributed by atoms with Crippen molar-refractivity contribution in [3.8, 4) is 0 Å². The molecule has 0 spiro atoms. The van der Waals surface area contributed by atoms with Crippen molar-refractivity contribution in [3.63, 3.8) is 0 Å². The van der Waals surface area contributed by atoms with Crippen molar-refractivity contribution >= 4 is 32.8 Å².